The first kappa shape index (κ1) is 28.1. The number of phenolic OH excluding ortho intramolecular Hbond substituents is 1. The van der Waals surface area contributed by atoms with Crippen LogP contribution < -0.4 is 21.1 Å². The van der Waals surface area contributed by atoms with Gasteiger partial charge in [-0.15, -0.1) is 10.9 Å². The molecule has 0 atom stereocenters. The molecule has 3 aromatic carbocycles. The maximum atomic E-state index is 10.6. The molecule has 0 amide bonds. The second-order valence-electron chi connectivity index (χ2n) is 12.5. The lowest BCUT2D eigenvalue weighted by Gasteiger charge is -2.40. The molecule has 0 bridgehead atoms. The summed E-state index contributed by atoms with van der Waals surface area (Å²) in [5.74, 6) is 1.39. The minimum Gasteiger partial charge on any atom is -0.554 e. The van der Waals surface area contributed by atoms with E-state index in [1.807, 2.05) is 97.9 Å². The van der Waals surface area contributed by atoms with Crippen LogP contribution in [0.15, 0.2) is 66.7 Å². The van der Waals surface area contributed by atoms with Crippen molar-refractivity contribution >= 4 is 41.7 Å². The summed E-state index contributed by atoms with van der Waals surface area (Å²) in [6.45, 7) is 13.8. The Hall–Kier alpha value is -2.48. The average Bonchev–Trinajstić information content (AvgIpc) is 3.18. The Bertz CT molecular complexity index is 1350. The lowest BCUT2D eigenvalue weighted by molar-refractivity contribution is 0.00578. The van der Waals surface area contributed by atoms with E-state index < -0.39 is 36.1 Å². The van der Waals surface area contributed by atoms with E-state index >= 15 is 0 Å². The second kappa shape index (κ2) is 9.28. The van der Waals surface area contributed by atoms with Crippen molar-refractivity contribution in [2.45, 2.75) is 77.8 Å². The summed E-state index contributed by atoms with van der Waals surface area (Å²) in [4.78, 5) is 0. The zero-order valence-corrected chi connectivity index (χ0v) is 24.6. The summed E-state index contributed by atoms with van der Waals surface area (Å²) < 4.78 is 33.0. The molecule has 2 aliphatic heterocycles. The maximum absolute atomic E-state index is 10.6. The van der Waals surface area contributed by atoms with Crippen LogP contribution in [0, 0.1) is 0 Å². The third-order valence-electron chi connectivity index (χ3n) is 8.70. The van der Waals surface area contributed by atoms with Crippen LogP contribution in [-0.4, -0.2) is 41.2 Å². The van der Waals surface area contributed by atoms with E-state index in [1.165, 1.54) is 0 Å². The van der Waals surface area contributed by atoms with Gasteiger partial charge in [-0.2, -0.15) is 0 Å². The summed E-state index contributed by atoms with van der Waals surface area (Å²) >= 11 is 6.06. The quantitative estimate of drug-likeness (QED) is 0.436. The number of ether oxygens (including phenoxy) is 1. The normalized spacial score (nSPS) is 22.1. The van der Waals surface area contributed by atoms with Gasteiger partial charge in [0, 0.05) is 16.2 Å². The molecule has 0 aromatic heterocycles. The summed E-state index contributed by atoms with van der Waals surface area (Å²) in [7, 11) is -0.733. The van der Waals surface area contributed by atoms with Crippen LogP contribution >= 0.6 is 11.6 Å². The van der Waals surface area contributed by atoms with Crippen LogP contribution in [0.1, 0.15) is 55.4 Å². The van der Waals surface area contributed by atoms with Crippen molar-refractivity contribution in [2.75, 3.05) is 0 Å². The van der Waals surface area contributed by atoms with E-state index in [2.05, 4.69) is 0 Å². The molecule has 2 heterocycles. The van der Waals surface area contributed by atoms with Gasteiger partial charge in [0.1, 0.15) is 17.2 Å². The highest BCUT2D eigenvalue weighted by Crippen LogP contribution is 2.42. The fourth-order valence-corrected chi connectivity index (χ4v) is 5.24. The van der Waals surface area contributed by atoms with Crippen LogP contribution in [0.3, 0.4) is 0 Å². The third-order valence-corrected chi connectivity index (χ3v) is 8.96. The van der Waals surface area contributed by atoms with Gasteiger partial charge in [-0.1, -0.05) is 29.8 Å². The molecular formula is C30H36B2ClO6-. The molecule has 0 unspecified atom stereocenters. The van der Waals surface area contributed by atoms with E-state index in [1.54, 1.807) is 24.3 Å². The number of phenols is 1. The molecule has 0 radical (unpaired) electrons. The number of rotatable bonds is 5. The highest BCUT2D eigenvalue weighted by Gasteiger charge is 2.56. The van der Waals surface area contributed by atoms with Gasteiger partial charge in [-0.3, -0.25) is 0 Å². The molecule has 0 saturated carbocycles. The Kier molecular flexibility index (Phi) is 6.68. The zero-order chi connectivity index (χ0) is 28.4. The zero-order valence-electron chi connectivity index (χ0n) is 23.9. The predicted octanol–water partition coefficient (Wildman–Crippen LogP) is 5.30. The minimum absolute atomic E-state index is 0.103. The summed E-state index contributed by atoms with van der Waals surface area (Å²) in [6.07, 6.45) is 0. The Balaban J connectivity index is 1.66. The van der Waals surface area contributed by atoms with Crippen molar-refractivity contribution in [1.29, 1.82) is 0 Å². The fourth-order valence-electron chi connectivity index (χ4n) is 5.12. The largest absolute Gasteiger partial charge is 0.554 e. The van der Waals surface area contributed by atoms with Crippen molar-refractivity contribution < 1.29 is 28.5 Å². The first-order valence-electron chi connectivity index (χ1n) is 13.3. The van der Waals surface area contributed by atoms with Crippen LogP contribution in [-0.2, 0) is 18.6 Å². The monoisotopic (exact) mass is 549 g/mol. The first-order chi connectivity index (χ1) is 18.1. The minimum atomic E-state index is -2.28. The van der Waals surface area contributed by atoms with Crippen LogP contribution in [0.25, 0.3) is 0 Å². The highest BCUT2D eigenvalue weighted by molar-refractivity contribution is 6.96. The SMILES string of the molecule is CC1(C)OB(c2cc(O)ccc2[B-]2(c3cccc(Oc4ccc(Cl)cc4)c3)OC(C)(C)C(C)(C)O2)OC1(C)C. The summed E-state index contributed by atoms with van der Waals surface area (Å²) in [5, 5.41) is 11.2. The van der Waals surface area contributed by atoms with Crippen LogP contribution in [0.2, 0.25) is 5.02 Å². The second-order valence-corrected chi connectivity index (χ2v) is 12.9. The summed E-state index contributed by atoms with van der Waals surface area (Å²) in [5.41, 5.74) is -0.231. The van der Waals surface area contributed by atoms with Gasteiger partial charge in [0.2, 0.25) is 0 Å². The van der Waals surface area contributed by atoms with Gasteiger partial charge in [-0.05, 0) is 109 Å². The van der Waals surface area contributed by atoms with Crippen molar-refractivity contribution in [3.8, 4) is 17.2 Å². The molecule has 206 valence electrons. The lowest BCUT2D eigenvalue weighted by atomic mass is 9.43. The molecule has 9 heteroatoms. The molecule has 2 aliphatic rings. The number of hydrogen-bond donors (Lipinski definition) is 1. The van der Waals surface area contributed by atoms with E-state index in [9.17, 15) is 5.11 Å². The molecule has 0 aliphatic carbocycles. The average molecular weight is 550 g/mol. The van der Waals surface area contributed by atoms with E-state index in [4.69, 9.17) is 35.0 Å². The molecule has 2 saturated heterocycles. The van der Waals surface area contributed by atoms with Gasteiger partial charge in [0.25, 0.3) is 6.55 Å². The van der Waals surface area contributed by atoms with Crippen molar-refractivity contribution in [1.82, 2.24) is 0 Å². The Morgan fingerprint density at radius 2 is 1.31 bits per heavy atom. The molecule has 1 N–H and O–H groups in total. The Morgan fingerprint density at radius 1 is 0.718 bits per heavy atom. The summed E-state index contributed by atoms with van der Waals surface area (Å²) in [6, 6.07) is 20.1. The van der Waals surface area contributed by atoms with Crippen LogP contribution in [0.4, 0.5) is 0 Å². The Morgan fingerprint density at radius 3 is 1.90 bits per heavy atom. The number of aromatic hydroxyl groups is 1. The van der Waals surface area contributed by atoms with Gasteiger partial charge in [-0.25, -0.2) is 0 Å². The standard InChI is InChI=1S/C30H36B2ClO6/c1-27(2)28(3,4)37-31(36-27)25-19-22(34)14-17-26(25)32(38-29(5,6)30(7,8)39-32)20-10-9-11-24(18-20)35-23-15-12-21(33)13-16-23/h9-19,34H,1-8H3/q-1. The molecule has 5 rings (SSSR count). The Labute approximate surface area is 236 Å². The number of halogens is 1. The van der Waals surface area contributed by atoms with Crippen molar-refractivity contribution in [3.05, 3.63) is 71.8 Å². The molecule has 39 heavy (non-hydrogen) atoms. The third kappa shape index (κ3) is 4.87. The molecule has 0 spiro atoms. The van der Waals surface area contributed by atoms with E-state index in [0.717, 1.165) is 10.9 Å². The van der Waals surface area contributed by atoms with Crippen molar-refractivity contribution in [3.63, 3.8) is 0 Å². The topological polar surface area (TPSA) is 66.4 Å². The van der Waals surface area contributed by atoms with Gasteiger partial charge in [0.15, 0.2) is 0 Å². The first-order valence-corrected chi connectivity index (χ1v) is 13.7. The lowest BCUT2D eigenvalue weighted by Crippen LogP contribution is -2.67. The molecule has 6 nitrogen and oxygen atoms in total. The van der Waals surface area contributed by atoms with Gasteiger partial charge in [0.05, 0.1) is 11.2 Å². The van der Waals surface area contributed by atoms with Gasteiger partial charge < -0.3 is 28.5 Å². The molecule has 3 aromatic rings. The molecule has 2 fully saturated rings. The van der Waals surface area contributed by atoms with Gasteiger partial charge >= 0.3 is 7.12 Å². The van der Waals surface area contributed by atoms with Crippen molar-refractivity contribution in [2.24, 2.45) is 0 Å². The van der Waals surface area contributed by atoms with Crippen LogP contribution in [0.5, 0.6) is 17.2 Å². The predicted molar refractivity (Wildman–Crippen MR) is 157 cm³/mol. The fraction of sp³-hybridized carbons (Fsp3) is 0.400. The number of benzene rings is 3. The number of hydrogen-bond acceptors (Lipinski definition) is 6. The highest BCUT2D eigenvalue weighted by atomic mass is 35.5. The van der Waals surface area contributed by atoms with E-state index in [0.29, 0.717) is 22.0 Å². The maximum Gasteiger partial charge on any atom is 0.491 e. The van der Waals surface area contributed by atoms with E-state index in [-0.39, 0.29) is 5.75 Å². The smallest absolute Gasteiger partial charge is 0.491 e. The molecular weight excluding hydrogens is 513 g/mol.